The first-order chi connectivity index (χ1) is 19.5. The number of aliphatic carboxylic acids is 1. The minimum Gasteiger partial charge on any atom is -0.508 e. The summed E-state index contributed by atoms with van der Waals surface area (Å²) in [5.41, 5.74) is 7.90. The maximum absolute atomic E-state index is 13.5. The van der Waals surface area contributed by atoms with E-state index in [2.05, 4.69) is 25.9 Å². The van der Waals surface area contributed by atoms with Crippen LogP contribution in [0, 0.1) is 5.92 Å². The number of H-pyrrole nitrogens is 1. The van der Waals surface area contributed by atoms with E-state index in [1.54, 1.807) is 38.1 Å². The summed E-state index contributed by atoms with van der Waals surface area (Å²) in [6, 6.07) is 10.6. The second kappa shape index (κ2) is 14.6. The summed E-state index contributed by atoms with van der Waals surface area (Å²) in [4.78, 5) is 58.6. The number of hydrogen-bond acceptors (Lipinski definition) is 7. The topological polar surface area (TPSA) is 200 Å². The van der Waals surface area contributed by atoms with Crippen molar-refractivity contribution in [2.45, 2.75) is 57.3 Å². The van der Waals surface area contributed by atoms with Crippen molar-refractivity contribution in [2.24, 2.45) is 11.7 Å². The molecule has 3 rings (SSSR count). The highest BCUT2D eigenvalue weighted by Crippen LogP contribution is 2.12. The Kier molecular flexibility index (Phi) is 11.0. The molecule has 1 heterocycles. The van der Waals surface area contributed by atoms with Crippen LogP contribution in [0.25, 0.3) is 0 Å². The molecular formula is C29H36N6O6. The number of nitrogens with two attached hydrogens (primary N) is 1. The van der Waals surface area contributed by atoms with E-state index in [-0.39, 0.29) is 30.9 Å². The fourth-order valence-corrected chi connectivity index (χ4v) is 4.07. The summed E-state index contributed by atoms with van der Waals surface area (Å²) in [6.07, 6.45) is 2.98. The average Bonchev–Trinajstić information content (AvgIpc) is 3.46. The van der Waals surface area contributed by atoms with Crippen molar-refractivity contribution in [3.8, 4) is 5.75 Å². The van der Waals surface area contributed by atoms with Gasteiger partial charge in [-0.1, -0.05) is 56.3 Å². The number of carbonyl (C=O) groups is 4. The van der Waals surface area contributed by atoms with Crippen LogP contribution in [0.15, 0.2) is 67.1 Å². The van der Waals surface area contributed by atoms with E-state index < -0.39 is 47.9 Å². The van der Waals surface area contributed by atoms with Gasteiger partial charge in [-0.2, -0.15) is 0 Å². The molecule has 41 heavy (non-hydrogen) atoms. The van der Waals surface area contributed by atoms with Crippen LogP contribution in [0.4, 0.5) is 0 Å². The number of nitrogens with one attached hydrogen (secondary N) is 4. The molecule has 0 radical (unpaired) electrons. The molecule has 0 aliphatic carbocycles. The van der Waals surface area contributed by atoms with Crippen molar-refractivity contribution in [3.05, 3.63) is 83.9 Å². The smallest absolute Gasteiger partial charge is 0.326 e. The molecule has 12 nitrogen and oxygen atoms in total. The lowest BCUT2D eigenvalue weighted by atomic mass is 10.0. The molecule has 0 saturated carbocycles. The first-order valence-corrected chi connectivity index (χ1v) is 13.2. The van der Waals surface area contributed by atoms with Crippen LogP contribution in [0.3, 0.4) is 0 Å². The van der Waals surface area contributed by atoms with E-state index in [0.717, 1.165) is 5.56 Å². The largest absolute Gasteiger partial charge is 0.508 e. The molecule has 3 amide bonds. The molecule has 0 aliphatic rings. The van der Waals surface area contributed by atoms with Gasteiger partial charge < -0.3 is 36.9 Å². The monoisotopic (exact) mass is 564 g/mol. The minimum absolute atomic E-state index is 0.0133. The standard InChI is InChI=1S/C29H36N6O6/c1-17(2)25(30)28(39)34-22(12-18-6-4-3-5-7-18)26(37)33-23(14-20-15-31-16-32-20)27(38)35-24(29(40)41)13-19-8-10-21(36)11-9-19/h3-11,15-17,22-25,36H,12-14,30H2,1-2H3,(H,31,32)(H,33,37)(H,34,39)(H,35,38)(H,40,41). The normalized spacial score (nSPS) is 14.0. The molecule has 0 aliphatic heterocycles. The number of aromatic hydroxyl groups is 1. The van der Waals surface area contributed by atoms with E-state index in [9.17, 15) is 29.4 Å². The van der Waals surface area contributed by atoms with Crippen molar-refractivity contribution in [2.75, 3.05) is 0 Å². The van der Waals surface area contributed by atoms with Crippen molar-refractivity contribution in [3.63, 3.8) is 0 Å². The summed E-state index contributed by atoms with van der Waals surface area (Å²) >= 11 is 0. The van der Waals surface area contributed by atoms with Crippen LogP contribution in [0.2, 0.25) is 0 Å². The highest BCUT2D eigenvalue weighted by atomic mass is 16.4. The maximum atomic E-state index is 13.5. The van der Waals surface area contributed by atoms with E-state index in [1.165, 1.54) is 24.7 Å². The van der Waals surface area contributed by atoms with Gasteiger partial charge in [0, 0.05) is 31.2 Å². The number of aromatic nitrogens is 2. The lowest BCUT2D eigenvalue weighted by Crippen LogP contribution is -2.58. The van der Waals surface area contributed by atoms with Gasteiger partial charge in [-0.15, -0.1) is 0 Å². The molecule has 12 heteroatoms. The fraction of sp³-hybridized carbons (Fsp3) is 0.345. The Labute approximate surface area is 237 Å². The maximum Gasteiger partial charge on any atom is 0.326 e. The summed E-state index contributed by atoms with van der Waals surface area (Å²) < 4.78 is 0. The molecule has 1 aromatic heterocycles. The third kappa shape index (κ3) is 9.46. The van der Waals surface area contributed by atoms with Crippen molar-refractivity contribution >= 4 is 23.7 Å². The molecule has 3 aromatic rings. The van der Waals surface area contributed by atoms with Gasteiger partial charge in [0.25, 0.3) is 0 Å². The van der Waals surface area contributed by atoms with E-state index >= 15 is 0 Å². The molecule has 4 atom stereocenters. The summed E-state index contributed by atoms with van der Waals surface area (Å²) in [6.45, 7) is 3.58. The van der Waals surface area contributed by atoms with Gasteiger partial charge in [0.05, 0.1) is 12.4 Å². The van der Waals surface area contributed by atoms with Crippen LogP contribution in [0.1, 0.15) is 30.7 Å². The molecule has 218 valence electrons. The summed E-state index contributed by atoms with van der Waals surface area (Å²) in [5, 5.41) is 27.2. The number of hydrogen-bond donors (Lipinski definition) is 7. The van der Waals surface area contributed by atoms with Gasteiger partial charge >= 0.3 is 5.97 Å². The Bertz CT molecular complexity index is 1300. The number of nitrogens with zero attached hydrogens (tertiary/aromatic N) is 1. The van der Waals surface area contributed by atoms with Crippen LogP contribution in [0.5, 0.6) is 5.75 Å². The lowest BCUT2D eigenvalue weighted by molar-refractivity contribution is -0.142. The van der Waals surface area contributed by atoms with Crippen LogP contribution < -0.4 is 21.7 Å². The van der Waals surface area contributed by atoms with Gasteiger partial charge in [-0.3, -0.25) is 14.4 Å². The van der Waals surface area contributed by atoms with Crippen molar-refractivity contribution in [1.82, 2.24) is 25.9 Å². The number of amides is 3. The van der Waals surface area contributed by atoms with Crippen LogP contribution in [-0.4, -0.2) is 68.0 Å². The number of carboxylic acid groups (broad SMARTS) is 1. The average molecular weight is 565 g/mol. The van der Waals surface area contributed by atoms with Gasteiger partial charge in [0.2, 0.25) is 17.7 Å². The zero-order valence-corrected chi connectivity index (χ0v) is 22.9. The van der Waals surface area contributed by atoms with Crippen LogP contribution in [-0.2, 0) is 38.4 Å². The molecular weight excluding hydrogens is 528 g/mol. The number of carboxylic acids is 1. The molecule has 0 spiro atoms. The second-order valence-corrected chi connectivity index (χ2v) is 10.1. The number of rotatable bonds is 14. The first kappa shape index (κ1) is 30.8. The number of imidazole rings is 1. The van der Waals surface area contributed by atoms with Crippen molar-refractivity contribution < 1.29 is 29.4 Å². The molecule has 2 aromatic carbocycles. The Morgan fingerprint density at radius 2 is 1.34 bits per heavy atom. The highest BCUT2D eigenvalue weighted by Gasteiger charge is 2.31. The van der Waals surface area contributed by atoms with Crippen molar-refractivity contribution in [1.29, 1.82) is 0 Å². The first-order valence-electron chi connectivity index (χ1n) is 13.2. The third-order valence-corrected chi connectivity index (χ3v) is 6.54. The number of benzene rings is 2. The van der Waals surface area contributed by atoms with Gasteiger partial charge in [-0.25, -0.2) is 9.78 Å². The summed E-state index contributed by atoms with van der Waals surface area (Å²) in [7, 11) is 0. The minimum atomic E-state index is -1.31. The zero-order valence-electron chi connectivity index (χ0n) is 22.9. The Hall–Kier alpha value is -4.71. The Balaban J connectivity index is 1.81. The van der Waals surface area contributed by atoms with E-state index in [1.807, 2.05) is 18.2 Å². The van der Waals surface area contributed by atoms with Crippen LogP contribution >= 0.6 is 0 Å². The number of aromatic amines is 1. The van der Waals surface area contributed by atoms with E-state index in [4.69, 9.17) is 5.73 Å². The molecule has 4 unspecified atom stereocenters. The summed E-state index contributed by atoms with van der Waals surface area (Å²) in [5.74, 6) is -3.29. The predicted octanol–water partition coefficient (Wildman–Crippen LogP) is 0.666. The Morgan fingerprint density at radius 1 is 0.805 bits per heavy atom. The molecule has 0 fully saturated rings. The van der Waals surface area contributed by atoms with Gasteiger partial charge in [-0.05, 0) is 29.2 Å². The molecule has 0 saturated heterocycles. The van der Waals surface area contributed by atoms with Gasteiger partial charge in [0.1, 0.15) is 23.9 Å². The van der Waals surface area contributed by atoms with Gasteiger partial charge in [0.15, 0.2) is 0 Å². The highest BCUT2D eigenvalue weighted by molar-refractivity contribution is 5.94. The SMILES string of the molecule is CC(C)C(N)C(=O)NC(Cc1ccccc1)C(=O)NC(Cc1cnc[nH]1)C(=O)NC(Cc1ccc(O)cc1)C(=O)O. The quantitative estimate of drug-likeness (QED) is 0.148. The lowest BCUT2D eigenvalue weighted by Gasteiger charge is -2.26. The Morgan fingerprint density at radius 3 is 1.90 bits per heavy atom. The third-order valence-electron chi connectivity index (χ3n) is 6.54. The second-order valence-electron chi connectivity index (χ2n) is 10.1. The van der Waals surface area contributed by atoms with E-state index in [0.29, 0.717) is 11.3 Å². The predicted molar refractivity (Wildman–Crippen MR) is 150 cm³/mol. The molecule has 0 bridgehead atoms. The number of phenolic OH excluding ortho intramolecular Hbond substituents is 1. The number of carbonyl (C=O) groups excluding carboxylic acids is 3. The number of phenols is 1. The fourth-order valence-electron chi connectivity index (χ4n) is 4.07. The zero-order chi connectivity index (χ0) is 29.9. The molecule has 8 N–H and O–H groups in total.